The van der Waals surface area contributed by atoms with Crippen molar-refractivity contribution in [2.24, 2.45) is 17.1 Å². The van der Waals surface area contributed by atoms with Crippen LogP contribution in [-0.2, 0) is 9.59 Å². The van der Waals surface area contributed by atoms with Crippen molar-refractivity contribution in [2.75, 3.05) is 13.1 Å². The van der Waals surface area contributed by atoms with E-state index in [0.717, 1.165) is 11.4 Å². The zero-order valence-corrected chi connectivity index (χ0v) is 17.7. The van der Waals surface area contributed by atoms with Crippen LogP contribution in [0.4, 0.5) is 0 Å². The highest BCUT2D eigenvalue weighted by Gasteiger charge is 2.40. The van der Waals surface area contributed by atoms with Gasteiger partial charge in [-0.3, -0.25) is 9.59 Å². The molecule has 1 saturated heterocycles. The van der Waals surface area contributed by atoms with Gasteiger partial charge in [-0.2, -0.15) is 0 Å². The molecule has 27 heavy (non-hydrogen) atoms. The molecule has 0 bridgehead atoms. The maximum absolute atomic E-state index is 13.1. The molecule has 0 spiro atoms. The number of piperidine rings is 1. The van der Waals surface area contributed by atoms with Gasteiger partial charge in [-0.05, 0) is 48.3 Å². The van der Waals surface area contributed by atoms with Gasteiger partial charge in [0.2, 0.25) is 11.8 Å². The van der Waals surface area contributed by atoms with E-state index in [2.05, 4.69) is 31.3 Å². The normalized spacial score (nSPS) is 21.6. The van der Waals surface area contributed by atoms with Gasteiger partial charge in [0.25, 0.3) is 0 Å². The number of carbonyl (C=O) groups is 2. The van der Waals surface area contributed by atoms with Crippen LogP contribution in [0.3, 0.4) is 0 Å². The minimum atomic E-state index is -0.633. The monoisotopic (exact) mass is 393 g/mol. The summed E-state index contributed by atoms with van der Waals surface area (Å²) in [7, 11) is 0. The second-order valence-corrected chi connectivity index (χ2v) is 9.10. The number of rotatable bonds is 5. The smallest absolute Gasteiger partial charge is 0.245 e. The molecule has 3 atom stereocenters. The molecule has 150 valence electrons. The Kier molecular flexibility index (Phi) is 6.92. The van der Waals surface area contributed by atoms with E-state index in [1.54, 1.807) is 6.92 Å². The number of nitrogens with two attached hydrogens (primary N) is 1. The third kappa shape index (κ3) is 5.23. The SMILES string of the molecule is CC(C)C(NC(=O)[C@H](C)N)C(=O)N1CCC(c2ccc(Cl)cc2)C(C)(C)C1. The van der Waals surface area contributed by atoms with Crippen molar-refractivity contribution >= 4 is 23.4 Å². The summed E-state index contributed by atoms with van der Waals surface area (Å²) in [5.41, 5.74) is 6.83. The van der Waals surface area contributed by atoms with Crippen LogP contribution in [0.25, 0.3) is 0 Å². The number of nitrogens with zero attached hydrogens (tertiary/aromatic N) is 1. The van der Waals surface area contributed by atoms with Gasteiger partial charge in [-0.15, -0.1) is 0 Å². The number of halogens is 1. The summed E-state index contributed by atoms with van der Waals surface area (Å²) in [6.45, 7) is 11.2. The van der Waals surface area contributed by atoms with E-state index >= 15 is 0 Å². The molecule has 1 aromatic carbocycles. The van der Waals surface area contributed by atoms with E-state index in [0.29, 0.717) is 19.0 Å². The largest absolute Gasteiger partial charge is 0.343 e. The average molecular weight is 394 g/mol. The number of hydrogen-bond acceptors (Lipinski definition) is 3. The fraction of sp³-hybridized carbons (Fsp3) is 0.619. The first-order chi connectivity index (χ1) is 12.5. The Morgan fingerprint density at radius 1 is 1.22 bits per heavy atom. The summed E-state index contributed by atoms with van der Waals surface area (Å²) >= 11 is 6.02. The minimum absolute atomic E-state index is 0.00250. The van der Waals surface area contributed by atoms with Crippen molar-refractivity contribution in [3.05, 3.63) is 34.9 Å². The predicted molar refractivity (Wildman–Crippen MR) is 110 cm³/mol. The van der Waals surface area contributed by atoms with E-state index in [9.17, 15) is 9.59 Å². The Bertz CT molecular complexity index is 671. The average Bonchev–Trinajstić information content (AvgIpc) is 2.58. The lowest BCUT2D eigenvalue weighted by atomic mass is 9.70. The fourth-order valence-corrected chi connectivity index (χ4v) is 3.98. The Morgan fingerprint density at radius 3 is 2.30 bits per heavy atom. The molecule has 0 aliphatic carbocycles. The number of benzene rings is 1. The quantitative estimate of drug-likeness (QED) is 0.806. The molecule has 5 nitrogen and oxygen atoms in total. The van der Waals surface area contributed by atoms with E-state index in [1.165, 1.54) is 5.56 Å². The van der Waals surface area contributed by atoms with Crippen LogP contribution in [0.2, 0.25) is 5.02 Å². The van der Waals surface area contributed by atoms with Crippen molar-refractivity contribution in [1.29, 1.82) is 0 Å². The summed E-state index contributed by atoms with van der Waals surface area (Å²) in [5.74, 6) is 0.0336. The summed E-state index contributed by atoms with van der Waals surface area (Å²) in [6.07, 6.45) is 0.881. The molecule has 6 heteroatoms. The zero-order chi connectivity index (χ0) is 20.4. The Hall–Kier alpha value is -1.59. The van der Waals surface area contributed by atoms with Gasteiger partial charge in [-0.1, -0.05) is 51.4 Å². The summed E-state index contributed by atoms with van der Waals surface area (Å²) < 4.78 is 0. The molecule has 0 radical (unpaired) electrons. The molecule has 0 saturated carbocycles. The van der Waals surface area contributed by atoms with Gasteiger partial charge < -0.3 is 16.0 Å². The second kappa shape index (κ2) is 8.61. The molecule has 1 aliphatic heterocycles. The lowest BCUT2D eigenvalue weighted by Crippen LogP contribution is -2.57. The number of likely N-dealkylation sites (tertiary alicyclic amines) is 1. The van der Waals surface area contributed by atoms with E-state index in [1.807, 2.05) is 30.9 Å². The van der Waals surface area contributed by atoms with Crippen LogP contribution in [0.5, 0.6) is 0 Å². The van der Waals surface area contributed by atoms with Crippen LogP contribution in [-0.4, -0.2) is 41.9 Å². The van der Waals surface area contributed by atoms with Gasteiger partial charge in [0, 0.05) is 18.1 Å². The molecule has 2 rings (SSSR count). The highest BCUT2D eigenvalue weighted by Crippen LogP contribution is 2.42. The Morgan fingerprint density at radius 2 is 1.81 bits per heavy atom. The molecule has 1 heterocycles. The van der Waals surface area contributed by atoms with Gasteiger partial charge in [0.1, 0.15) is 6.04 Å². The van der Waals surface area contributed by atoms with Crippen molar-refractivity contribution in [3.63, 3.8) is 0 Å². The van der Waals surface area contributed by atoms with Crippen molar-refractivity contribution in [1.82, 2.24) is 10.2 Å². The lowest BCUT2D eigenvalue weighted by Gasteiger charge is -2.45. The topological polar surface area (TPSA) is 75.4 Å². The first-order valence-electron chi connectivity index (χ1n) is 9.63. The van der Waals surface area contributed by atoms with Crippen molar-refractivity contribution in [2.45, 2.75) is 59.0 Å². The van der Waals surface area contributed by atoms with E-state index < -0.39 is 12.1 Å². The van der Waals surface area contributed by atoms with E-state index in [-0.39, 0.29) is 23.1 Å². The minimum Gasteiger partial charge on any atom is -0.343 e. The van der Waals surface area contributed by atoms with Gasteiger partial charge in [-0.25, -0.2) is 0 Å². The summed E-state index contributed by atoms with van der Waals surface area (Å²) in [6, 6.07) is 6.81. The molecule has 1 aromatic rings. The number of carbonyl (C=O) groups excluding carboxylic acids is 2. The molecule has 3 N–H and O–H groups in total. The van der Waals surface area contributed by atoms with Gasteiger partial charge in [0.15, 0.2) is 0 Å². The highest BCUT2D eigenvalue weighted by molar-refractivity contribution is 6.30. The fourth-order valence-electron chi connectivity index (χ4n) is 3.85. The first kappa shape index (κ1) is 21.7. The molecule has 1 fully saturated rings. The Labute approximate surface area is 167 Å². The maximum atomic E-state index is 13.1. The predicted octanol–water partition coefficient (Wildman–Crippen LogP) is 3.17. The Balaban J connectivity index is 2.13. The lowest BCUT2D eigenvalue weighted by molar-refractivity contribution is -0.140. The molecule has 0 aromatic heterocycles. The number of hydrogen-bond donors (Lipinski definition) is 2. The first-order valence-corrected chi connectivity index (χ1v) is 10.0. The highest BCUT2D eigenvalue weighted by atomic mass is 35.5. The third-order valence-corrected chi connectivity index (χ3v) is 5.71. The molecule has 2 amide bonds. The molecular formula is C21H32ClN3O2. The zero-order valence-electron chi connectivity index (χ0n) is 17.0. The van der Waals surface area contributed by atoms with Crippen molar-refractivity contribution in [3.8, 4) is 0 Å². The molecule has 1 aliphatic rings. The van der Waals surface area contributed by atoms with Gasteiger partial charge >= 0.3 is 0 Å². The second-order valence-electron chi connectivity index (χ2n) is 8.66. The molecule has 2 unspecified atom stereocenters. The van der Waals surface area contributed by atoms with Crippen LogP contribution in [0.15, 0.2) is 24.3 Å². The maximum Gasteiger partial charge on any atom is 0.245 e. The van der Waals surface area contributed by atoms with Gasteiger partial charge in [0.05, 0.1) is 6.04 Å². The summed E-state index contributed by atoms with van der Waals surface area (Å²) in [5, 5.41) is 3.55. The van der Waals surface area contributed by atoms with Crippen LogP contribution in [0, 0.1) is 11.3 Å². The standard InChI is InChI=1S/C21H32ClN3O2/c1-13(2)18(24-19(26)14(3)23)20(27)25-11-10-17(21(4,5)12-25)15-6-8-16(22)9-7-15/h6-9,13-14,17-18H,10-12,23H2,1-5H3,(H,24,26)/t14-,17?,18?/m0/s1. The van der Waals surface area contributed by atoms with Crippen LogP contribution in [0.1, 0.15) is 52.5 Å². The number of nitrogens with one attached hydrogen (secondary N) is 1. The summed E-state index contributed by atoms with van der Waals surface area (Å²) in [4.78, 5) is 27.0. The number of amides is 2. The van der Waals surface area contributed by atoms with Crippen molar-refractivity contribution < 1.29 is 9.59 Å². The van der Waals surface area contributed by atoms with Crippen LogP contribution < -0.4 is 11.1 Å². The van der Waals surface area contributed by atoms with Crippen LogP contribution >= 0.6 is 11.6 Å². The van der Waals surface area contributed by atoms with E-state index in [4.69, 9.17) is 17.3 Å². The third-order valence-electron chi connectivity index (χ3n) is 5.46. The molecular weight excluding hydrogens is 362 g/mol.